The van der Waals surface area contributed by atoms with Gasteiger partial charge in [0.1, 0.15) is 0 Å². The predicted molar refractivity (Wildman–Crippen MR) is 76.8 cm³/mol. The van der Waals surface area contributed by atoms with Gasteiger partial charge in [0.05, 0.1) is 11.7 Å². The highest BCUT2D eigenvalue weighted by atomic mass is 15.3. The van der Waals surface area contributed by atoms with Crippen LogP contribution in [0.3, 0.4) is 0 Å². The Hall–Kier alpha value is -0.870. The van der Waals surface area contributed by atoms with E-state index in [1.165, 1.54) is 37.9 Å². The number of aryl methyl sites for hydroxylation is 1. The van der Waals surface area contributed by atoms with Crippen molar-refractivity contribution >= 4 is 0 Å². The molecule has 4 heteroatoms. The maximum Gasteiger partial charge on any atom is 0.0560 e. The average Bonchev–Trinajstić information content (AvgIpc) is 3.19. The number of rotatable bonds is 5. The summed E-state index contributed by atoms with van der Waals surface area (Å²) >= 11 is 0. The molecular formula is C15H26N4. The van der Waals surface area contributed by atoms with Gasteiger partial charge in [0.2, 0.25) is 0 Å². The van der Waals surface area contributed by atoms with Crippen LogP contribution in [0.15, 0.2) is 12.3 Å². The second kappa shape index (κ2) is 5.63. The normalized spacial score (nSPS) is 28.7. The van der Waals surface area contributed by atoms with Crippen molar-refractivity contribution in [3.63, 3.8) is 0 Å². The predicted octanol–water partition coefficient (Wildman–Crippen LogP) is 2.17. The van der Waals surface area contributed by atoms with Gasteiger partial charge in [-0.1, -0.05) is 6.92 Å². The van der Waals surface area contributed by atoms with E-state index in [4.69, 9.17) is 5.73 Å². The summed E-state index contributed by atoms with van der Waals surface area (Å²) in [5.74, 6) is 0.599. The molecule has 2 aliphatic rings. The molecule has 0 spiro atoms. The largest absolute Gasteiger partial charge is 0.330 e. The molecule has 1 aliphatic carbocycles. The third-order valence-electron chi connectivity index (χ3n) is 4.60. The van der Waals surface area contributed by atoms with Gasteiger partial charge in [-0.05, 0) is 57.2 Å². The van der Waals surface area contributed by atoms with Crippen LogP contribution in [0.5, 0.6) is 0 Å². The fraction of sp³-hybridized carbons (Fsp3) is 0.800. The Bertz CT molecular complexity index is 410. The van der Waals surface area contributed by atoms with Gasteiger partial charge >= 0.3 is 0 Å². The van der Waals surface area contributed by atoms with Crippen LogP contribution in [0, 0.1) is 5.92 Å². The van der Waals surface area contributed by atoms with Gasteiger partial charge < -0.3 is 5.73 Å². The van der Waals surface area contributed by atoms with Crippen LogP contribution in [0.4, 0.5) is 0 Å². The molecule has 4 nitrogen and oxygen atoms in total. The zero-order chi connectivity index (χ0) is 13.2. The third-order valence-corrected chi connectivity index (χ3v) is 4.60. The number of nitrogens with zero attached hydrogens (tertiary/aromatic N) is 3. The molecule has 2 fully saturated rings. The summed E-state index contributed by atoms with van der Waals surface area (Å²) in [5, 5.41) is 4.51. The van der Waals surface area contributed by atoms with Gasteiger partial charge in [-0.25, -0.2) is 0 Å². The molecule has 2 N–H and O–H groups in total. The molecule has 106 valence electrons. The molecule has 1 aromatic rings. The first-order valence-electron chi connectivity index (χ1n) is 7.82. The monoisotopic (exact) mass is 262 g/mol. The summed E-state index contributed by atoms with van der Waals surface area (Å²) in [7, 11) is 0. The first-order valence-corrected chi connectivity index (χ1v) is 7.82. The number of likely N-dealkylation sites (tertiary alicyclic amines) is 1. The van der Waals surface area contributed by atoms with Crippen LogP contribution >= 0.6 is 0 Å². The molecule has 0 aromatic carbocycles. The molecule has 19 heavy (non-hydrogen) atoms. The van der Waals surface area contributed by atoms with E-state index in [2.05, 4.69) is 27.7 Å². The van der Waals surface area contributed by atoms with Crippen LogP contribution in [0.2, 0.25) is 0 Å². The van der Waals surface area contributed by atoms with Crippen molar-refractivity contribution in [2.45, 2.75) is 57.7 Å². The second-order valence-corrected chi connectivity index (χ2v) is 6.03. The standard InChI is InChI=1S/C15H26N4/c1-2-9-19-14(7-8-17-19)15-12(11-16)4-3-10-18(15)13-5-6-13/h7-8,12-13,15H,2-6,9-11,16H2,1H3. The highest BCUT2D eigenvalue weighted by Gasteiger charge is 2.41. The molecule has 0 bridgehead atoms. The molecule has 0 radical (unpaired) electrons. The van der Waals surface area contributed by atoms with Gasteiger partial charge in [-0.2, -0.15) is 5.10 Å². The van der Waals surface area contributed by atoms with Crippen LogP contribution < -0.4 is 5.73 Å². The first kappa shape index (κ1) is 13.1. The highest BCUT2D eigenvalue weighted by Crippen LogP contribution is 2.42. The summed E-state index contributed by atoms with van der Waals surface area (Å²) in [6, 6.07) is 3.52. The van der Waals surface area contributed by atoms with Gasteiger partial charge in [-0.15, -0.1) is 0 Å². The summed E-state index contributed by atoms with van der Waals surface area (Å²) < 4.78 is 2.20. The van der Waals surface area contributed by atoms with E-state index >= 15 is 0 Å². The maximum absolute atomic E-state index is 6.05. The van der Waals surface area contributed by atoms with E-state index in [1.54, 1.807) is 0 Å². The van der Waals surface area contributed by atoms with E-state index in [9.17, 15) is 0 Å². The van der Waals surface area contributed by atoms with Crippen molar-refractivity contribution < 1.29 is 0 Å². The first-order chi connectivity index (χ1) is 9.35. The Kier molecular flexibility index (Phi) is 3.89. The summed E-state index contributed by atoms with van der Waals surface area (Å²) in [5.41, 5.74) is 7.44. The van der Waals surface area contributed by atoms with Crippen molar-refractivity contribution in [1.82, 2.24) is 14.7 Å². The van der Waals surface area contributed by atoms with Gasteiger partial charge in [0.25, 0.3) is 0 Å². The molecule has 2 unspecified atom stereocenters. The lowest BCUT2D eigenvalue weighted by molar-refractivity contribution is 0.0813. The SMILES string of the molecule is CCCn1nccc1C1C(CN)CCCN1C1CC1. The summed E-state index contributed by atoms with van der Waals surface area (Å²) in [6.07, 6.45) is 8.40. The zero-order valence-electron chi connectivity index (χ0n) is 12.0. The molecule has 1 aromatic heterocycles. The number of aromatic nitrogens is 2. The van der Waals surface area contributed by atoms with Gasteiger partial charge in [-0.3, -0.25) is 9.58 Å². The van der Waals surface area contributed by atoms with E-state index in [-0.39, 0.29) is 0 Å². The molecule has 2 heterocycles. The van der Waals surface area contributed by atoms with Crippen LogP contribution in [-0.4, -0.2) is 33.8 Å². The number of hydrogen-bond donors (Lipinski definition) is 1. The minimum absolute atomic E-state index is 0.500. The quantitative estimate of drug-likeness (QED) is 0.884. The Balaban J connectivity index is 1.89. The molecular weight excluding hydrogens is 236 g/mol. The molecule has 0 amide bonds. The van der Waals surface area contributed by atoms with Crippen molar-refractivity contribution in [2.75, 3.05) is 13.1 Å². The molecule has 1 saturated heterocycles. The Morgan fingerprint density at radius 2 is 2.21 bits per heavy atom. The molecule has 3 rings (SSSR count). The van der Waals surface area contributed by atoms with Crippen molar-refractivity contribution in [3.8, 4) is 0 Å². The lowest BCUT2D eigenvalue weighted by Gasteiger charge is -2.41. The second-order valence-electron chi connectivity index (χ2n) is 6.03. The minimum Gasteiger partial charge on any atom is -0.330 e. The topological polar surface area (TPSA) is 47.1 Å². The molecule has 2 atom stereocenters. The summed E-state index contributed by atoms with van der Waals surface area (Å²) in [6.45, 7) is 5.27. The maximum atomic E-state index is 6.05. The van der Waals surface area contributed by atoms with Crippen LogP contribution in [0.25, 0.3) is 0 Å². The number of piperidine rings is 1. The van der Waals surface area contributed by atoms with Crippen LogP contribution in [0.1, 0.15) is 50.8 Å². The summed E-state index contributed by atoms with van der Waals surface area (Å²) in [4.78, 5) is 2.71. The Morgan fingerprint density at radius 3 is 2.89 bits per heavy atom. The average molecular weight is 262 g/mol. The van der Waals surface area contributed by atoms with E-state index < -0.39 is 0 Å². The Labute approximate surface area is 116 Å². The lowest BCUT2D eigenvalue weighted by atomic mass is 9.86. The van der Waals surface area contributed by atoms with Crippen molar-refractivity contribution in [1.29, 1.82) is 0 Å². The number of nitrogens with two attached hydrogens (primary N) is 1. The fourth-order valence-corrected chi connectivity index (χ4v) is 3.57. The van der Waals surface area contributed by atoms with E-state index in [1.807, 2.05) is 6.20 Å². The Morgan fingerprint density at radius 1 is 1.37 bits per heavy atom. The van der Waals surface area contributed by atoms with Crippen LogP contribution in [-0.2, 0) is 6.54 Å². The van der Waals surface area contributed by atoms with E-state index in [0.717, 1.165) is 25.6 Å². The minimum atomic E-state index is 0.500. The molecule has 1 aliphatic heterocycles. The van der Waals surface area contributed by atoms with Crippen molar-refractivity contribution in [3.05, 3.63) is 18.0 Å². The highest BCUT2D eigenvalue weighted by molar-refractivity contribution is 5.12. The van der Waals surface area contributed by atoms with E-state index in [0.29, 0.717) is 12.0 Å². The third kappa shape index (κ3) is 2.56. The van der Waals surface area contributed by atoms with Gasteiger partial charge in [0.15, 0.2) is 0 Å². The van der Waals surface area contributed by atoms with Gasteiger partial charge in [0, 0.05) is 18.8 Å². The van der Waals surface area contributed by atoms with Crippen molar-refractivity contribution in [2.24, 2.45) is 11.7 Å². The lowest BCUT2D eigenvalue weighted by Crippen LogP contribution is -2.43. The zero-order valence-corrected chi connectivity index (χ0v) is 12.0. The number of hydrogen-bond acceptors (Lipinski definition) is 3. The molecule has 1 saturated carbocycles. The fourth-order valence-electron chi connectivity index (χ4n) is 3.57. The smallest absolute Gasteiger partial charge is 0.0560 e.